The van der Waals surface area contributed by atoms with Gasteiger partial charge < -0.3 is 5.32 Å². The zero-order valence-corrected chi connectivity index (χ0v) is 13.0. The number of nitrogens with one attached hydrogen (secondary N) is 1. The van der Waals surface area contributed by atoms with Crippen molar-refractivity contribution >= 4 is 27.5 Å². The fraction of sp³-hybridized carbons (Fsp3) is 0.200. The topological polar surface area (TPSA) is 12.0 Å². The molecule has 2 aromatic carbocycles. The van der Waals surface area contributed by atoms with E-state index >= 15 is 0 Å². The highest BCUT2D eigenvalue weighted by molar-refractivity contribution is 9.10. The zero-order valence-electron chi connectivity index (χ0n) is 10.7. The van der Waals surface area contributed by atoms with E-state index in [1.54, 1.807) is 19.1 Å². The molecular weight excluding hydrogens is 329 g/mol. The number of hydrogen-bond acceptors (Lipinski definition) is 1. The van der Waals surface area contributed by atoms with Gasteiger partial charge in [-0.15, -0.1) is 0 Å². The van der Waals surface area contributed by atoms with Gasteiger partial charge in [-0.05, 0) is 48.9 Å². The molecule has 0 radical (unpaired) electrons. The summed E-state index contributed by atoms with van der Waals surface area (Å²) in [6.07, 6.45) is 0. The van der Waals surface area contributed by atoms with Gasteiger partial charge in [0.25, 0.3) is 0 Å². The molecule has 4 heteroatoms. The van der Waals surface area contributed by atoms with Gasteiger partial charge in [0.05, 0.1) is 6.04 Å². The third-order valence-corrected chi connectivity index (χ3v) is 4.01. The molecule has 2 rings (SSSR count). The third kappa shape index (κ3) is 3.16. The lowest BCUT2D eigenvalue weighted by atomic mass is 9.98. The van der Waals surface area contributed by atoms with Crippen LogP contribution in [0.4, 0.5) is 4.39 Å². The van der Waals surface area contributed by atoms with Gasteiger partial charge >= 0.3 is 0 Å². The van der Waals surface area contributed by atoms with Gasteiger partial charge in [0.15, 0.2) is 0 Å². The van der Waals surface area contributed by atoms with Crippen molar-refractivity contribution in [2.45, 2.75) is 13.0 Å². The monoisotopic (exact) mass is 341 g/mol. The summed E-state index contributed by atoms with van der Waals surface area (Å²) in [5.41, 5.74) is 2.55. The molecule has 19 heavy (non-hydrogen) atoms. The first-order valence-electron chi connectivity index (χ1n) is 5.91. The molecule has 0 saturated heterocycles. The van der Waals surface area contributed by atoms with E-state index in [0.29, 0.717) is 10.6 Å². The smallest absolute Gasteiger partial charge is 0.126 e. The van der Waals surface area contributed by atoms with E-state index in [-0.39, 0.29) is 11.9 Å². The maximum absolute atomic E-state index is 13.7. The van der Waals surface area contributed by atoms with Gasteiger partial charge in [-0.1, -0.05) is 45.7 Å². The Morgan fingerprint density at radius 1 is 1.21 bits per heavy atom. The van der Waals surface area contributed by atoms with Crippen LogP contribution < -0.4 is 5.32 Å². The van der Waals surface area contributed by atoms with Crippen molar-refractivity contribution in [1.82, 2.24) is 5.32 Å². The lowest BCUT2D eigenvalue weighted by Gasteiger charge is -2.19. The van der Waals surface area contributed by atoms with Gasteiger partial charge in [-0.2, -0.15) is 0 Å². The fourth-order valence-corrected chi connectivity index (χ4v) is 2.94. The fourth-order valence-electron chi connectivity index (χ4n) is 2.03. The maximum atomic E-state index is 13.7. The summed E-state index contributed by atoms with van der Waals surface area (Å²) in [6, 6.07) is 10.8. The number of hydrogen-bond donors (Lipinski definition) is 1. The van der Waals surface area contributed by atoms with Crippen LogP contribution in [0.15, 0.2) is 40.9 Å². The van der Waals surface area contributed by atoms with Crippen LogP contribution in [0, 0.1) is 12.7 Å². The molecule has 0 spiro atoms. The Hall–Kier alpha value is -0.900. The normalized spacial score (nSPS) is 12.5. The molecular formula is C15H14BrClFN. The van der Waals surface area contributed by atoms with Crippen LogP contribution in [-0.2, 0) is 0 Å². The van der Waals surface area contributed by atoms with Crippen LogP contribution in [0.2, 0.25) is 5.02 Å². The predicted molar refractivity (Wildman–Crippen MR) is 81.2 cm³/mol. The third-order valence-electron chi connectivity index (χ3n) is 3.09. The van der Waals surface area contributed by atoms with E-state index in [4.69, 9.17) is 11.6 Å². The van der Waals surface area contributed by atoms with Crippen molar-refractivity contribution in [2.24, 2.45) is 0 Å². The first kappa shape index (κ1) is 14.5. The number of benzene rings is 2. The molecule has 0 aliphatic heterocycles. The van der Waals surface area contributed by atoms with Crippen LogP contribution in [0.25, 0.3) is 0 Å². The van der Waals surface area contributed by atoms with E-state index in [9.17, 15) is 4.39 Å². The second-order valence-electron chi connectivity index (χ2n) is 4.40. The second kappa shape index (κ2) is 6.04. The maximum Gasteiger partial charge on any atom is 0.126 e. The molecule has 2 aromatic rings. The molecule has 0 fully saturated rings. The minimum Gasteiger partial charge on any atom is -0.309 e. The SMILES string of the molecule is CNC(c1ccc(C)c(F)c1)c1ccc(Cl)cc1Br. The van der Waals surface area contributed by atoms with Crippen LogP contribution in [0.3, 0.4) is 0 Å². The molecule has 1 nitrogen and oxygen atoms in total. The summed E-state index contributed by atoms with van der Waals surface area (Å²) in [5.74, 6) is -0.192. The molecule has 0 aliphatic rings. The average molecular weight is 343 g/mol. The van der Waals surface area contributed by atoms with Crippen molar-refractivity contribution in [3.63, 3.8) is 0 Å². The summed E-state index contributed by atoms with van der Waals surface area (Å²) >= 11 is 9.45. The average Bonchev–Trinajstić information content (AvgIpc) is 2.37. The van der Waals surface area contributed by atoms with Gasteiger partial charge in [0.1, 0.15) is 5.82 Å². The van der Waals surface area contributed by atoms with Crippen molar-refractivity contribution in [3.8, 4) is 0 Å². The lowest BCUT2D eigenvalue weighted by molar-refractivity contribution is 0.608. The Morgan fingerprint density at radius 2 is 1.95 bits per heavy atom. The highest BCUT2D eigenvalue weighted by Gasteiger charge is 2.16. The Balaban J connectivity index is 2.46. The molecule has 0 aromatic heterocycles. The van der Waals surface area contributed by atoms with Crippen LogP contribution >= 0.6 is 27.5 Å². The van der Waals surface area contributed by atoms with E-state index in [2.05, 4.69) is 21.2 Å². The van der Waals surface area contributed by atoms with Crippen molar-refractivity contribution in [1.29, 1.82) is 0 Å². The molecule has 100 valence electrons. The molecule has 0 amide bonds. The zero-order chi connectivity index (χ0) is 14.0. The lowest BCUT2D eigenvalue weighted by Crippen LogP contribution is -2.18. The van der Waals surface area contributed by atoms with Crippen LogP contribution in [-0.4, -0.2) is 7.05 Å². The van der Waals surface area contributed by atoms with Crippen LogP contribution in [0.1, 0.15) is 22.7 Å². The Kier molecular flexibility index (Phi) is 4.61. The summed E-state index contributed by atoms with van der Waals surface area (Å²) < 4.78 is 14.6. The number of aryl methyl sites for hydroxylation is 1. The first-order valence-corrected chi connectivity index (χ1v) is 7.08. The van der Waals surface area contributed by atoms with Crippen molar-refractivity contribution < 1.29 is 4.39 Å². The highest BCUT2D eigenvalue weighted by atomic mass is 79.9. The van der Waals surface area contributed by atoms with Crippen molar-refractivity contribution in [3.05, 3.63) is 68.4 Å². The van der Waals surface area contributed by atoms with Gasteiger partial charge in [-0.3, -0.25) is 0 Å². The Labute approximate surface area is 125 Å². The van der Waals surface area contributed by atoms with E-state index in [1.807, 2.05) is 31.3 Å². The summed E-state index contributed by atoms with van der Waals surface area (Å²) in [5, 5.41) is 3.87. The predicted octanol–water partition coefficient (Wildman–Crippen LogP) is 4.86. The molecule has 0 saturated carbocycles. The summed E-state index contributed by atoms with van der Waals surface area (Å²) in [6.45, 7) is 1.76. The number of halogens is 3. The largest absolute Gasteiger partial charge is 0.309 e. The molecule has 0 bridgehead atoms. The minimum absolute atomic E-state index is 0.0817. The first-order chi connectivity index (χ1) is 9.02. The molecule has 1 atom stereocenters. The Morgan fingerprint density at radius 3 is 2.53 bits per heavy atom. The van der Waals surface area contributed by atoms with Crippen molar-refractivity contribution in [2.75, 3.05) is 7.05 Å². The van der Waals surface area contributed by atoms with Gasteiger partial charge in [0.2, 0.25) is 0 Å². The molecule has 1 unspecified atom stereocenters. The summed E-state index contributed by atoms with van der Waals surface area (Å²) in [4.78, 5) is 0. The minimum atomic E-state index is -0.192. The molecule has 0 aliphatic carbocycles. The van der Waals surface area contributed by atoms with E-state index in [1.165, 1.54) is 0 Å². The molecule has 1 N–H and O–H groups in total. The Bertz CT molecular complexity index is 601. The number of rotatable bonds is 3. The summed E-state index contributed by atoms with van der Waals surface area (Å²) in [7, 11) is 1.85. The van der Waals surface area contributed by atoms with Crippen LogP contribution in [0.5, 0.6) is 0 Å². The van der Waals surface area contributed by atoms with E-state index < -0.39 is 0 Å². The van der Waals surface area contributed by atoms with Gasteiger partial charge in [-0.25, -0.2) is 4.39 Å². The van der Waals surface area contributed by atoms with Gasteiger partial charge in [0, 0.05) is 9.50 Å². The second-order valence-corrected chi connectivity index (χ2v) is 5.69. The molecule has 0 heterocycles. The highest BCUT2D eigenvalue weighted by Crippen LogP contribution is 2.31. The quantitative estimate of drug-likeness (QED) is 0.840. The standard InChI is InChI=1S/C15H14BrClFN/c1-9-3-4-10(7-14(9)18)15(19-2)12-6-5-11(17)8-13(12)16/h3-8,15,19H,1-2H3. The van der Waals surface area contributed by atoms with E-state index in [0.717, 1.165) is 15.6 Å².